The molecule has 0 radical (unpaired) electrons. The maximum atomic E-state index is 13.8. The summed E-state index contributed by atoms with van der Waals surface area (Å²) in [6.45, 7) is 1.81. The summed E-state index contributed by atoms with van der Waals surface area (Å²) in [5.41, 5.74) is -0.134. The Kier molecular flexibility index (Phi) is 5.35. The van der Waals surface area contributed by atoms with Crippen LogP contribution in [0.2, 0.25) is 0 Å². The van der Waals surface area contributed by atoms with Crippen LogP contribution in [0.25, 0.3) is 0 Å². The Morgan fingerprint density at radius 3 is 2.58 bits per heavy atom. The minimum atomic E-state index is -0.857. The highest BCUT2D eigenvalue weighted by molar-refractivity contribution is 7.99. The number of amides is 2. The van der Waals surface area contributed by atoms with Gasteiger partial charge in [-0.25, -0.2) is 8.78 Å². The molecule has 1 aromatic carbocycles. The highest BCUT2D eigenvalue weighted by atomic mass is 32.2. The maximum absolute atomic E-state index is 13.8. The van der Waals surface area contributed by atoms with Gasteiger partial charge >= 0.3 is 0 Å². The Bertz CT molecular complexity index is 638. The normalized spacial score (nSPS) is 21.7. The van der Waals surface area contributed by atoms with Crippen LogP contribution in [0.15, 0.2) is 18.2 Å². The van der Waals surface area contributed by atoms with E-state index >= 15 is 0 Å². The predicted octanol–water partition coefficient (Wildman–Crippen LogP) is 1.30. The van der Waals surface area contributed by atoms with Crippen molar-refractivity contribution >= 4 is 23.6 Å². The van der Waals surface area contributed by atoms with Crippen molar-refractivity contribution in [3.63, 3.8) is 0 Å². The highest BCUT2D eigenvalue weighted by Crippen LogP contribution is 2.16. The molecule has 0 aliphatic carbocycles. The first-order valence-electron chi connectivity index (χ1n) is 7.90. The zero-order valence-electron chi connectivity index (χ0n) is 13.1. The molecule has 0 spiro atoms. The van der Waals surface area contributed by atoms with Crippen LogP contribution in [0.5, 0.6) is 0 Å². The first kappa shape index (κ1) is 17.2. The van der Waals surface area contributed by atoms with Gasteiger partial charge in [0.05, 0.1) is 11.6 Å². The third-order valence-corrected chi connectivity index (χ3v) is 5.21. The van der Waals surface area contributed by atoms with E-state index in [-0.39, 0.29) is 17.5 Å². The molecule has 1 atom stereocenters. The van der Waals surface area contributed by atoms with Crippen LogP contribution < -0.4 is 5.32 Å². The fraction of sp³-hybridized carbons (Fsp3) is 0.500. The predicted molar refractivity (Wildman–Crippen MR) is 87.7 cm³/mol. The van der Waals surface area contributed by atoms with E-state index in [1.165, 1.54) is 11.0 Å². The molecule has 1 aromatic rings. The Morgan fingerprint density at radius 1 is 1.12 bits per heavy atom. The van der Waals surface area contributed by atoms with Crippen LogP contribution in [0.4, 0.5) is 8.78 Å². The molecule has 1 N–H and O–H groups in total. The largest absolute Gasteiger partial charge is 0.339 e. The highest BCUT2D eigenvalue weighted by Gasteiger charge is 2.30. The number of rotatable bonds is 2. The minimum absolute atomic E-state index is 0.0576. The van der Waals surface area contributed by atoms with Crippen molar-refractivity contribution in [3.8, 4) is 0 Å². The van der Waals surface area contributed by atoms with Crippen molar-refractivity contribution < 1.29 is 18.4 Å². The van der Waals surface area contributed by atoms with Gasteiger partial charge in [-0.1, -0.05) is 0 Å². The van der Waals surface area contributed by atoms with Gasteiger partial charge in [0.2, 0.25) is 5.91 Å². The Morgan fingerprint density at radius 2 is 1.88 bits per heavy atom. The van der Waals surface area contributed by atoms with Crippen LogP contribution in [0.1, 0.15) is 16.8 Å². The number of hydrogen-bond donors (Lipinski definition) is 1. The monoisotopic (exact) mass is 355 g/mol. The number of benzene rings is 1. The topological polar surface area (TPSA) is 52.7 Å². The number of carbonyl (C=O) groups is 2. The quantitative estimate of drug-likeness (QED) is 0.869. The second-order valence-corrected chi connectivity index (χ2v) is 6.90. The van der Waals surface area contributed by atoms with Crippen molar-refractivity contribution in [2.24, 2.45) is 0 Å². The molecule has 2 amide bonds. The van der Waals surface area contributed by atoms with Gasteiger partial charge in [0.15, 0.2) is 0 Å². The van der Waals surface area contributed by atoms with Crippen LogP contribution in [0.3, 0.4) is 0 Å². The first-order valence-corrected chi connectivity index (χ1v) is 9.06. The molecule has 2 aliphatic heterocycles. The average molecular weight is 355 g/mol. The SMILES string of the molecule is O=C(c1ccc(F)cc1F)N1CCCN(C(=O)C2CSCN2)CC1. The lowest BCUT2D eigenvalue weighted by Gasteiger charge is -2.24. The summed E-state index contributed by atoms with van der Waals surface area (Å²) >= 11 is 1.69. The third kappa shape index (κ3) is 3.70. The van der Waals surface area contributed by atoms with E-state index in [9.17, 15) is 18.4 Å². The van der Waals surface area contributed by atoms with E-state index < -0.39 is 17.5 Å². The Balaban J connectivity index is 1.64. The standard InChI is InChI=1S/C16H19F2N3O2S/c17-11-2-3-12(13(18)8-11)15(22)20-4-1-5-21(7-6-20)16(23)14-9-24-10-19-14/h2-3,8,14,19H,1,4-7,9-10H2. The van der Waals surface area contributed by atoms with Gasteiger partial charge in [-0.15, -0.1) is 11.8 Å². The fourth-order valence-electron chi connectivity index (χ4n) is 2.95. The zero-order valence-corrected chi connectivity index (χ0v) is 14.0. The number of halogens is 2. The summed E-state index contributed by atoms with van der Waals surface area (Å²) in [6.07, 6.45) is 0.639. The molecular weight excluding hydrogens is 336 g/mol. The average Bonchev–Trinajstić information content (AvgIpc) is 2.98. The van der Waals surface area contributed by atoms with Gasteiger partial charge < -0.3 is 9.80 Å². The molecule has 130 valence electrons. The molecule has 24 heavy (non-hydrogen) atoms. The van der Waals surface area contributed by atoms with Crippen LogP contribution >= 0.6 is 11.8 Å². The lowest BCUT2D eigenvalue weighted by molar-refractivity contribution is -0.132. The van der Waals surface area contributed by atoms with Crippen molar-refractivity contribution in [3.05, 3.63) is 35.4 Å². The van der Waals surface area contributed by atoms with Gasteiger partial charge in [0, 0.05) is 43.9 Å². The molecule has 1 unspecified atom stereocenters. The molecule has 2 heterocycles. The lowest BCUT2D eigenvalue weighted by Crippen LogP contribution is -2.46. The molecule has 3 rings (SSSR count). The van der Waals surface area contributed by atoms with Gasteiger partial charge in [0.1, 0.15) is 11.6 Å². The van der Waals surface area contributed by atoms with Crippen molar-refractivity contribution in [1.82, 2.24) is 15.1 Å². The maximum Gasteiger partial charge on any atom is 0.256 e. The molecule has 0 bridgehead atoms. The number of nitrogens with zero attached hydrogens (tertiary/aromatic N) is 2. The summed E-state index contributed by atoms with van der Waals surface area (Å²) in [6, 6.07) is 2.80. The number of hydrogen-bond acceptors (Lipinski definition) is 4. The van der Waals surface area contributed by atoms with Crippen molar-refractivity contribution in [2.75, 3.05) is 37.8 Å². The summed E-state index contributed by atoms with van der Waals surface area (Å²) < 4.78 is 26.8. The summed E-state index contributed by atoms with van der Waals surface area (Å²) in [4.78, 5) is 28.2. The van der Waals surface area contributed by atoms with E-state index in [1.807, 2.05) is 0 Å². The first-order chi connectivity index (χ1) is 11.6. The van der Waals surface area contributed by atoms with E-state index in [1.54, 1.807) is 16.7 Å². The molecule has 2 fully saturated rings. The summed E-state index contributed by atoms with van der Waals surface area (Å²) in [7, 11) is 0. The minimum Gasteiger partial charge on any atom is -0.339 e. The van der Waals surface area contributed by atoms with E-state index in [4.69, 9.17) is 0 Å². The lowest BCUT2D eigenvalue weighted by atomic mass is 10.1. The van der Waals surface area contributed by atoms with Gasteiger partial charge in [-0.3, -0.25) is 14.9 Å². The van der Waals surface area contributed by atoms with Gasteiger partial charge in [-0.2, -0.15) is 0 Å². The zero-order chi connectivity index (χ0) is 17.1. The Labute approximate surface area is 143 Å². The van der Waals surface area contributed by atoms with Gasteiger partial charge in [-0.05, 0) is 18.6 Å². The molecule has 0 saturated carbocycles. The smallest absolute Gasteiger partial charge is 0.256 e. The fourth-order valence-corrected chi connectivity index (χ4v) is 3.88. The number of nitrogens with one attached hydrogen (secondary N) is 1. The molecular formula is C16H19F2N3O2S. The molecule has 2 aliphatic rings. The second-order valence-electron chi connectivity index (χ2n) is 5.87. The Hall–Kier alpha value is -1.67. The van der Waals surface area contributed by atoms with Crippen molar-refractivity contribution in [1.29, 1.82) is 0 Å². The van der Waals surface area contributed by atoms with E-state index in [0.717, 1.165) is 17.7 Å². The molecule has 8 heteroatoms. The third-order valence-electron chi connectivity index (χ3n) is 4.27. The van der Waals surface area contributed by atoms with E-state index in [2.05, 4.69) is 5.32 Å². The molecule has 2 saturated heterocycles. The van der Waals surface area contributed by atoms with Crippen LogP contribution in [0, 0.1) is 11.6 Å². The van der Waals surface area contributed by atoms with Crippen LogP contribution in [-0.4, -0.2) is 65.5 Å². The van der Waals surface area contributed by atoms with Crippen molar-refractivity contribution in [2.45, 2.75) is 12.5 Å². The molecule has 5 nitrogen and oxygen atoms in total. The van der Waals surface area contributed by atoms with Crippen LogP contribution in [-0.2, 0) is 4.79 Å². The molecule has 0 aromatic heterocycles. The summed E-state index contributed by atoms with van der Waals surface area (Å²) in [5, 5.41) is 3.15. The summed E-state index contributed by atoms with van der Waals surface area (Å²) in [5.74, 6) is -0.432. The van der Waals surface area contributed by atoms with E-state index in [0.29, 0.717) is 38.7 Å². The number of thioether (sulfide) groups is 1. The second kappa shape index (κ2) is 7.48. The van der Waals surface area contributed by atoms with Gasteiger partial charge in [0.25, 0.3) is 5.91 Å². The number of carbonyl (C=O) groups excluding carboxylic acids is 2.